The second-order valence-electron chi connectivity index (χ2n) is 5.41. The number of hydrogen-bond donors (Lipinski definition) is 2. The number of nitrogens with one attached hydrogen (secondary N) is 2. The van der Waals surface area contributed by atoms with Gasteiger partial charge in [-0.25, -0.2) is 4.39 Å². The first kappa shape index (κ1) is 19.5. The molecule has 0 heterocycles. The first-order valence-electron chi connectivity index (χ1n) is 7.79. The summed E-state index contributed by atoms with van der Waals surface area (Å²) in [4.78, 5) is 23.9. The van der Waals surface area contributed by atoms with Gasteiger partial charge in [0.15, 0.2) is 12.2 Å². The quantitative estimate of drug-likeness (QED) is 0.755. The standard InChI is InChI=1S/C18H18ClFN2O4/c1-11(25-15-7-3-13(19)4-8-15)17(23)21-22-18(24)12(2)26-16-9-5-14(20)6-10-16/h3-12H,1-2H3,(H,21,23)(H,22,24). The minimum absolute atomic E-state index is 0.333. The zero-order valence-electron chi connectivity index (χ0n) is 14.2. The second-order valence-corrected chi connectivity index (χ2v) is 5.84. The van der Waals surface area contributed by atoms with E-state index in [-0.39, 0.29) is 0 Å². The fourth-order valence-corrected chi connectivity index (χ4v) is 1.99. The molecule has 0 saturated carbocycles. The number of ether oxygens (including phenoxy) is 2. The Bertz CT molecular complexity index is 687. The summed E-state index contributed by atoms with van der Waals surface area (Å²) in [7, 11) is 0. The van der Waals surface area contributed by atoms with Crippen LogP contribution in [0.5, 0.6) is 11.5 Å². The van der Waals surface area contributed by atoms with Gasteiger partial charge in [0, 0.05) is 5.02 Å². The van der Waals surface area contributed by atoms with Crippen molar-refractivity contribution in [2.45, 2.75) is 26.1 Å². The lowest BCUT2D eigenvalue weighted by molar-refractivity contribution is -0.135. The van der Waals surface area contributed by atoms with E-state index in [1.165, 1.54) is 38.1 Å². The molecule has 2 atom stereocenters. The number of halogens is 2. The van der Waals surface area contributed by atoms with Crippen LogP contribution >= 0.6 is 11.6 Å². The molecule has 0 aliphatic rings. The Balaban J connectivity index is 1.78. The molecule has 138 valence electrons. The van der Waals surface area contributed by atoms with Gasteiger partial charge in [0.05, 0.1) is 0 Å². The molecule has 0 saturated heterocycles. The lowest BCUT2D eigenvalue weighted by Gasteiger charge is -2.17. The molecule has 2 amide bonds. The van der Waals surface area contributed by atoms with E-state index in [1.807, 2.05) is 0 Å². The zero-order chi connectivity index (χ0) is 19.1. The molecule has 0 aliphatic heterocycles. The first-order valence-corrected chi connectivity index (χ1v) is 8.17. The van der Waals surface area contributed by atoms with Crippen molar-refractivity contribution in [3.05, 3.63) is 59.4 Å². The molecular formula is C18H18ClFN2O4. The van der Waals surface area contributed by atoms with Crippen molar-refractivity contribution in [2.24, 2.45) is 0 Å². The fraction of sp³-hybridized carbons (Fsp3) is 0.222. The molecule has 2 N–H and O–H groups in total. The lowest BCUT2D eigenvalue weighted by Crippen LogP contribution is -2.50. The maximum Gasteiger partial charge on any atom is 0.279 e. The van der Waals surface area contributed by atoms with Crippen LogP contribution in [0.1, 0.15) is 13.8 Å². The fourth-order valence-electron chi connectivity index (χ4n) is 1.87. The van der Waals surface area contributed by atoms with Gasteiger partial charge in [0.1, 0.15) is 17.3 Å². The SMILES string of the molecule is CC(Oc1ccc(F)cc1)C(=O)NNC(=O)C(C)Oc1ccc(Cl)cc1. The average Bonchev–Trinajstić information content (AvgIpc) is 2.63. The number of benzene rings is 2. The molecule has 6 nitrogen and oxygen atoms in total. The highest BCUT2D eigenvalue weighted by Crippen LogP contribution is 2.16. The van der Waals surface area contributed by atoms with Crippen molar-refractivity contribution in [1.82, 2.24) is 10.9 Å². The Hall–Kier alpha value is -2.80. The number of hydrogen-bond acceptors (Lipinski definition) is 4. The molecule has 2 aromatic rings. The Morgan fingerprint density at radius 2 is 1.23 bits per heavy atom. The molecule has 0 radical (unpaired) electrons. The smallest absolute Gasteiger partial charge is 0.279 e. The van der Waals surface area contributed by atoms with E-state index in [0.29, 0.717) is 16.5 Å². The van der Waals surface area contributed by atoms with Crippen LogP contribution in [0.25, 0.3) is 0 Å². The molecular weight excluding hydrogens is 363 g/mol. The van der Waals surface area contributed by atoms with Crippen molar-refractivity contribution in [3.63, 3.8) is 0 Å². The third-order valence-electron chi connectivity index (χ3n) is 3.30. The number of carbonyl (C=O) groups excluding carboxylic acids is 2. The Labute approximate surface area is 155 Å². The van der Waals surface area contributed by atoms with Crippen LogP contribution in [0.4, 0.5) is 4.39 Å². The number of hydrazine groups is 1. The summed E-state index contributed by atoms with van der Waals surface area (Å²) in [6, 6.07) is 11.8. The molecule has 0 fully saturated rings. The Kier molecular flexibility index (Phi) is 6.80. The van der Waals surface area contributed by atoms with Crippen LogP contribution in [-0.4, -0.2) is 24.0 Å². The summed E-state index contributed by atoms with van der Waals surface area (Å²) >= 11 is 5.78. The molecule has 0 bridgehead atoms. The van der Waals surface area contributed by atoms with Gasteiger partial charge in [0.2, 0.25) is 0 Å². The van der Waals surface area contributed by atoms with Gasteiger partial charge in [-0.2, -0.15) is 0 Å². The third-order valence-corrected chi connectivity index (χ3v) is 3.55. The summed E-state index contributed by atoms with van der Waals surface area (Å²) in [5, 5.41) is 0.553. The van der Waals surface area contributed by atoms with Gasteiger partial charge < -0.3 is 9.47 Å². The van der Waals surface area contributed by atoms with Crippen LogP contribution in [0, 0.1) is 5.82 Å². The number of rotatable bonds is 6. The highest BCUT2D eigenvalue weighted by atomic mass is 35.5. The highest BCUT2D eigenvalue weighted by molar-refractivity contribution is 6.30. The predicted molar refractivity (Wildman–Crippen MR) is 94.3 cm³/mol. The van der Waals surface area contributed by atoms with E-state index >= 15 is 0 Å². The van der Waals surface area contributed by atoms with Crippen LogP contribution in [-0.2, 0) is 9.59 Å². The van der Waals surface area contributed by atoms with Crippen LogP contribution < -0.4 is 20.3 Å². The second kappa shape index (κ2) is 9.05. The van der Waals surface area contributed by atoms with E-state index in [2.05, 4.69) is 10.9 Å². The van der Waals surface area contributed by atoms with E-state index < -0.39 is 29.8 Å². The molecule has 2 unspecified atom stereocenters. The molecule has 26 heavy (non-hydrogen) atoms. The molecule has 2 rings (SSSR count). The van der Waals surface area contributed by atoms with Crippen molar-refractivity contribution >= 4 is 23.4 Å². The monoisotopic (exact) mass is 380 g/mol. The van der Waals surface area contributed by atoms with Crippen molar-refractivity contribution < 1.29 is 23.5 Å². The Morgan fingerprint density at radius 3 is 1.65 bits per heavy atom. The van der Waals surface area contributed by atoms with Crippen LogP contribution in [0.2, 0.25) is 5.02 Å². The van der Waals surface area contributed by atoms with E-state index in [0.717, 1.165) is 0 Å². The summed E-state index contributed by atoms with van der Waals surface area (Å²) in [5.74, 6) is -0.712. The maximum absolute atomic E-state index is 12.8. The summed E-state index contributed by atoms with van der Waals surface area (Å²) in [5.41, 5.74) is 4.51. The Morgan fingerprint density at radius 1 is 0.846 bits per heavy atom. The first-order chi connectivity index (χ1) is 12.3. The molecule has 8 heteroatoms. The average molecular weight is 381 g/mol. The topological polar surface area (TPSA) is 76.7 Å². The highest BCUT2D eigenvalue weighted by Gasteiger charge is 2.19. The summed E-state index contributed by atoms with van der Waals surface area (Å²) < 4.78 is 23.6. The van der Waals surface area contributed by atoms with E-state index in [4.69, 9.17) is 21.1 Å². The van der Waals surface area contributed by atoms with E-state index in [1.54, 1.807) is 24.3 Å². The van der Waals surface area contributed by atoms with Crippen molar-refractivity contribution in [3.8, 4) is 11.5 Å². The molecule has 0 aromatic heterocycles. The minimum atomic E-state index is -0.895. The number of carbonyl (C=O) groups is 2. The summed E-state index contributed by atoms with van der Waals surface area (Å²) in [6.07, 6.45) is -1.74. The molecule has 0 aliphatic carbocycles. The van der Waals surface area contributed by atoms with Crippen molar-refractivity contribution in [1.29, 1.82) is 0 Å². The number of amides is 2. The van der Waals surface area contributed by atoms with Crippen molar-refractivity contribution in [2.75, 3.05) is 0 Å². The van der Waals surface area contributed by atoms with Gasteiger partial charge in [-0.05, 0) is 62.4 Å². The maximum atomic E-state index is 12.8. The van der Waals surface area contributed by atoms with E-state index in [9.17, 15) is 14.0 Å². The lowest BCUT2D eigenvalue weighted by atomic mass is 10.3. The third kappa shape index (κ3) is 5.93. The molecule has 2 aromatic carbocycles. The minimum Gasteiger partial charge on any atom is -0.481 e. The van der Waals surface area contributed by atoms with Gasteiger partial charge in [-0.3, -0.25) is 20.4 Å². The predicted octanol–water partition coefficient (Wildman–Crippen LogP) is 2.86. The van der Waals surface area contributed by atoms with Gasteiger partial charge in [0.25, 0.3) is 11.8 Å². The van der Waals surface area contributed by atoms with Gasteiger partial charge >= 0.3 is 0 Å². The van der Waals surface area contributed by atoms with Crippen LogP contribution in [0.3, 0.4) is 0 Å². The zero-order valence-corrected chi connectivity index (χ0v) is 14.9. The molecule has 0 spiro atoms. The normalized spacial score (nSPS) is 12.6. The van der Waals surface area contributed by atoms with Gasteiger partial charge in [-0.15, -0.1) is 0 Å². The largest absolute Gasteiger partial charge is 0.481 e. The van der Waals surface area contributed by atoms with Gasteiger partial charge in [-0.1, -0.05) is 11.6 Å². The van der Waals surface area contributed by atoms with Crippen LogP contribution in [0.15, 0.2) is 48.5 Å². The summed E-state index contributed by atoms with van der Waals surface area (Å²) in [6.45, 7) is 3.03.